The Morgan fingerprint density at radius 1 is 1.33 bits per heavy atom. The van der Waals surface area contributed by atoms with Gasteiger partial charge >= 0.3 is 6.09 Å². The van der Waals surface area contributed by atoms with E-state index >= 15 is 0 Å². The van der Waals surface area contributed by atoms with E-state index in [0.29, 0.717) is 6.10 Å². The van der Waals surface area contributed by atoms with Crippen molar-refractivity contribution >= 4 is 6.09 Å². The van der Waals surface area contributed by atoms with Crippen molar-refractivity contribution in [3.63, 3.8) is 0 Å². The number of rotatable bonds is 10. The van der Waals surface area contributed by atoms with Crippen LogP contribution in [0.2, 0.25) is 0 Å². The summed E-state index contributed by atoms with van der Waals surface area (Å²) in [5.74, 6) is 0. The molecule has 0 aromatic rings. The molecule has 0 aliphatic heterocycles. The van der Waals surface area contributed by atoms with Crippen LogP contribution in [0.4, 0.5) is 4.79 Å². The molecule has 1 aliphatic carbocycles. The fourth-order valence-electron chi connectivity index (χ4n) is 2.69. The van der Waals surface area contributed by atoms with Crippen LogP contribution in [-0.4, -0.2) is 55.0 Å². The molecule has 5 heteroatoms. The van der Waals surface area contributed by atoms with Crippen LogP contribution in [-0.2, 0) is 4.74 Å². The Morgan fingerprint density at radius 2 is 2.05 bits per heavy atom. The van der Waals surface area contributed by atoms with Gasteiger partial charge in [0.1, 0.15) is 0 Å². The number of unbranched alkanes of at least 4 members (excludes halogenated alkanes) is 1. The van der Waals surface area contributed by atoms with E-state index in [1.54, 1.807) is 7.05 Å². The number of nitrogens with one attached hydrogen (secondary N) is 1. The second-order valence-electron chi connectivity index (χ2n) is 5.73. The molecule has 21 heavy (non-hydrogen) atoms. The quantitative estimate of drug-likeness (QED) is 0.481. The highest BCUT2D eigenvalue weighted by atomic mass is 16.5. The van der Waals surface area contributed by atoms with Crippen LogP contribution >= 0.6 is 0 Å². The zero-order chi connectivity index (χ0) is 15.5. The third-order valence-corrected chi connectivity index (χ3v) is 4.12. The van der Waals surface area contributed by atoms with Crippen LogP contribution in [0.3, 0.4) is 0 Å². The number of nitrogens with zero attached hydrogens (tertiary/aromatic N) is 1. The van der Waals surface area contributed by atoms with Crippen molar-refractivity contribution in [2.45, 2.75) is 57.1 Å². The summed E-state index contributed by atoms with van der Waals surface area (Å²) < 4.78 is 5.89. The Morgan fingerprint density at radius 3 is 2.67 bits per heavy atom. The van der Waals surface area contributed by atoms with Gasteiger partial charge in [-0.05, 0) is 58.0 Å². The lowest BCUT2D eigenvalue weighted by Crippen LogP contribution is -2.40. The highest BCUT2D eigenvalue weighted by molar-refractivity contribution is 5.64. The van der Waals surface area contributed by atoms with E-state index in [9.17, 15) is 4.79 Å². The summed E-state index contributed by atoms with van der Waals surface area (Å²) >= 11 is 0. The third-order valence-electron chi connectivity index (χ3n) is 4.12. The average molecular weight is 298 g/mol. The second kappa shape index (κ2) is 10.6. The molecule has 0 spiro atoms. The Bertz CT molecular complexity index is 302. The van der Waals surface area contributed by atoms with E-state index in [2.05, 4.69) is 11.9 Å². The zero-order valence-corrected chi connectivity index (χ0v) is 13.2. The average Bonchev–Trinajstić information content (AvgIpc) is 2.49. The molecule has 1 saturated carbocycles. The van der Waals surface area contributed by atoms with Gasteiger partial charge in [-0.25, -0.2) is 4.79 Å². The Hall–Kier alpha value is -1.07. The second-order valence-corrected chi connectivity index (χ2v) is 5.73. The standard InChI is InChI=1S/C16H30N2O3/c1-3-4-11-17-12-5-6-13-21-15-9-7-14(8-10-15)18(2)16(19)20/h3,14-15,17H,1,4-13H2,2H3,(H,19,20). The van der Waals surface area contributed by atoms with Gasteiger partial charge in [-0.2, -0.15) is 0 Å². The number of ether oxygens (including phenoxy) is 1. The molecule has 0 aromatic carbocycles. The molecule has 0 heterocycles. The monoisotopic (exact) mass is 298 g/mol. The van der Waals surface area contributed by atoms with Gasteiger partial charge in [0.2, 0.25) is 0 Å². The summed E-state index contributed by atoms with van der Waals surface area (Å²) in [6.07, 6.45) is 8.41. The minimum Gasteiger partial charge on any atom is -0.465 e. The summed E-state index contributed by atoms with van der Waals surface area (Å²) in [5, 5.41) is 12.3. The first-order chi connectivity index (χ1) is 10.1. The summed E-state index contributed by atoms with van der Waals surface area (Å²) in [6, 6.07) is 0.163. The van der Waals surface area contributed by atoms with Crippen molar-refractivity contribution in [2.24, 2.45) is 0 Å². The Balaban J connectivity index is 1.98. The van der Waals surface area contributed by atoms with Gasteiger partial charge in [-0.1, -0.05) is 6.08 Å². The van der Waals surface area contributed by atoms with Crippen LogP contribution < -0.4 is 5.32 Å². The Labute approximate surface area is 128 Å². The van der Waals surface area contributed by atoms with E-state index in [1.807, 2.05) is 6.08 Å². The van der Waals surface area contributed by atoms with Gasteiger partial charge in [-0.3, -0.25) is 0 Å². The first-order valence-corrected chi connectivity index (χ1v) is 8.04. The normalized spacial score (nSPS) is 22.0. The first-order valence-electron chi connectivity index (χ1n) is 8.04. The van der Waals surface area contributed by atoms with E-state index in [0.717, 1.165) is 64.6 Å². The van der Waals surface area contributed by atoms with Gasteiger partial charge in [0, 0.05) is 19.7 Å². The van der Waals surface area contributed by atoms with E-state index in [-0.39, 0.29) is 6.04 Å². The van der Waals surface area contributed by atoms with Crippen molar-refractivity contribution < 1.29 is 14.6 Å². The highest BCUT2D eigenvalue weighted by Crippen LogP contribution is 2.24. The van der Waals surface area contributed by atoms with E-state index < -0.39 is 6.09 Å². The molecule has 5 nitrogen and oxygen atoms in total. The summed E-state index contributed by atoms with van der Waals surface area (Å²) in [4.78, 5) is 12.3. The van der Waals surface area contributed by atoms with E-state index in [4.69, 9.17) is 9.84 Å². The summed E-state index contributed by atoms with van der Waals surface area (Å²) in [5.41, 5.74) is 0. The molecule has 0 atom stereocenters. The number of hydrogen-bond acceptors (Lipinski definition) is 3. The minimum absolute atomic E-state index is 0.163. The zero-order valence-electron chi connectivity index (χ0n) is 13.2. The van der Waals surface area contributed by atoms with Gasteiger partial charge in [0.15, 0.2) is 0 Å². The van der Waals surface area contributed by atoms with Crippen LogP contribution in [0.15, 0.2) is 12.7 Å². The van der Waals surface area contributed by atoms with Gasteiger partial charge < -0.3 is 20.1 Å². The predicted octanol–water partition coefficient (Wildman–Crippen LogP) is 2.87. The maximum atomic E-state index is 10.9. The van der Waals surface area contributed by atoms with Crippen LogP contribution in [0.5, 0.6) is 0 Å². The highest BCUT2D eigenvalue weighted by Gasteiger charge is 2.26. The molecule has 1 fully saturated rings. The molecule has 0 aromatic heterocycles. The fraction of sp³-hybridized carbons (Fsp3) is 0.812. The minimum atomic E-state index is -0.830. The van der Waals surface area contributed by atoms with Crippen molar-refractivity contribution in [2.75, 3.05) is 26.7 Å². The lowest BCUT2D eigenvalue weighted by molar-refractivity contribution is 0.0102. The molecule has 0 bridgehead atoms. The van der Waals surface area contributed by atoms with Crippen molar-refractivity contribution in [1.29, 1.82) is 0 Å². The number of carboxylic acid groups (broad SMARTS) is 1. The van der Waals surface area contributed by atoms with Gasteiger partial charge in [-0.15, -0.1) is 6.58 Å². The molecule has 1 amide bonds. The third kappa shape index (κ3) is 7.48. The fourth-order valence-corrected chi connectivity index (χ4v) is 2.69. The van der Waals surface area contributed by atoms with Crippen LogP contribution in [0, 0.1) is 0 Å². The van der Waals surface area contributed by atoms with Gasteiger partial charge in [0.05, 0.1) is 6.10 Å². The largest absolute Gasteiger partial charge is 0.465 e. The Kier molecular flexibility index (Phi) is 9.10. The number of hydrogen-bond donors (Lipinski definition) is 2. The summed E-state index contributed by atoms with van der Waals surface area (Å²) in [7, 11) is 1.66. The molecule has 2 N–H and O–H groups in total. The lowest BCUT2D eigenvalue weighted by atomic mass is 9.92. The maximum Gasteiger partial charge on any atom is 0.407 e. The maximum absolute atomic E-state index is 10.9. The molecule has 122 valence electrons. The molecule has 0 radical (unpaired) electrons. The smallest absolute Gasteiger partial charge is 0.407 e. The molecule has 1 aliphatic rings. The van der Waals surface area contributed by atoms with Crippen molar-refractivity contribution in [3.05, 3.63) is 12.7 Å². The SMILES string of the molecule is C=CCCNCCCCOC1CCC(N(C)C(=O)O)CC1. The van der Waals surface area contributed by atoms with Crippen molar-refractivity contribution in [3.8, 4) is 0 Å². The predicted molar refractivity (Wildman–Crippen MR) is 84.7 cm³/mol. The summed E-state index contributed by atoms with van der Waals surface area (Å²) in [6.45, 7) is 6.54. The van der Waals surface area contributed by atoms with E-state index in [1.165, 1.54) is 4.90 Å². The number of carbonyl (C=O) groups is 1. The molecular formula is C16H30N2O3. The van der Waals surface area contributed by atoms with Gasteiger partial charge in [0.25, 0.3) is 0 Å². The molecular weight excluding hydrogens is 268 g/mol. The topological polar surface area (TPSA) is 61.8 Å². The molecule has 0 unspecified atom stereocenters. The van der Waals surface area contributed by atoms with Crippen LogP contribution in [0.1, 0.15) is 44.9 Å². The first kappa shape index (κ1) is 18.0. The number of amides is 1. The van der Waals surface area contributed by atoms with Crippen molar-refractivity contribution in [1.82, 2.24) is 10.2 Å². The van der Waals surface area contributed by atoms with Crippen LogP contribution in [0.25, 0.3) is 0 Å². The lowest BCUT2D eigenvalue weighted by Gasteiger charge is -2.33. The molecule has 0 saturated heterocycles. The molecule has 1 rings (SSSR count).